The zero-order valence-electron chi connectivity index (χ0n) is 15.1. The molecule has 3 heteroatoms. The summed E-state index contributed by atoms with van der Waals surface area (Å²) in [5.74, 6) is 1.83. The quantitative estimate of drug-likeness (QED) is 0.295. The van der Waals surface area contributed by atoms with Crippen LogP contribution in [-0.2, 0) is 10.8 Å². The molecule has 1 aromatic rings. The molecule has 1 heterocycles. The largest absolute Gasteiger partial charge is 0.543 e. The summed E-state index contributed by atoms with van der Waals surface area (Å²) in [6, 6.07) is 3.93. The van der Waals surface area contributed by atoms with Crippen molar-refractivity contribution < 1.29 is 8.84 Å². The van der Waals surface area contributed by atoms with Crippen molar-refractivity contribution in [3.8, 4) is 0 Å². The van der Waals surface area contributed by atoms with Gasteiger partial charge in [0.25, 0.3) is 8.32 Å². The summed E-state index contributed by atoms with van der Waals surface area (Å²) >= 11 is 0. The molecule has 0 saturated carbocycles. The van der Waals surface area contributed by atoms with Gasteiger partial charge in [0.1, 0.15) is 5.76 Å². The Hall–Kier alpha value is -1.22. The summed E-state index contributed by atoms with van der Waals surface area (Å²) < 4.78 is 11.8. The van der Waals surface area contributed by atoms with Gasteiger partial charge in [-0.2, -0.15) is 0 Å². The third kappa shape index (κ3) is 4.64. The Morgan fingerprint density at radius 1 is 1.18 bits per heavy atom. The van der Waals surface area contributed by atoms with E-state index in [1.165, 1.54) is 0 Å². The van der Waals surface area contributed by atoms with Crippen molar-refractivity contribution in [1.29, 1.82) is 0 Å². The van der Waals surface area contributed by atoms with Gasteiger partial charge in [-0.05, 0) is 41.3 Å². The average Bonchev–Trinajstić information content (AvgIpc) is 2.92. The van der Waals surface area contributed by atoms with Crippen LogP contribution >= 0.6 is 0 Å². The Labute approximate surface area is 137 Å². The van der Waals surface area contributed by atoms with Crippen LogP contribution < -0.4 is 0 Å². The third-order valence-electron chi connectivity index (χ3n) is 4.46. The maximum Gasteiger partial charge on any atom is 0.258 e. The number of furan rings is 1. The van der Waals surface area contributed by atoms with E-state index in [9.17, 15) is 0 Å². The molecule has 0 aliphatic rings. The van der Waals surface area contributed by atoms with Crippen molar-refractivity contribution in [2.75, 3.05) is 0 Å². The summed E-state index contributed by atoms with van der Waals surface area (Å²) in [7, 11) is -1.87. The van der Waals surface area contributed by atoms with Crippen molar-refractivity contribution >= 4 is 8.32 Å². The van der Waals surface area contributed by atoms with Crippen LogP contribution in [0.25, 0.3) is 0 Å². The molecular weight excluding hydrogens is 288 g/mol. The van der Waals surface area contributed by atoms with Crippen molar-refractivity contribution in [1.82, 2.24) is 0 Å². The van der Waals surface area contributed by atoms with E-state index >= 15 is 0 Å². The summed E-state index contributed by atoms with van der Waals surface area (Å²) in [6.45, 7) is 17.9. The molecule has 0 atom stereocenters. The number of allylic oxidation sites excluding steroid dienone is 2. The van der Waals surface area contributed by atoms with E-state index in [4.69, 9.17) is 8.84 Å². The van der Waals surface area contributed by atoms with E-state index in [0.717, 1.165) is 24.4 Å². The van der Waals surface area contributed by atoms with Crippen LogP contribution in [0.4, 0.5) is 0 Å². The van der Waals surface area contributed by atoms with Crippen LogP contribution in [0, 0.1) is 0 Å². The lowest BCUT2D eigenvalue weighted by Crippen LogP contribution is -2.47. The molecule has 0 unspecified atom stereocenters. The van der Waals surface area contributed by atoms with Gasteiger partial charge in [-0.3, -0.25) is 0 Å². The van der Waals surface area contributed by atoms with Gasteiger partial charge in [0.05, 0.1) is 12.0 Å². The van der Waals surface area contributed by atoms with Gasteiger partial charge in [0.15, 0.2) is 0 Å². The molecule has 124 valence electrons. The molecule has 0 fully saturated rings. The molecule has 2 nitrogen and oxygen atoms in total. The molecule has 0 aliphatic carbocycles. The molecular formula is C19H32O2Si. The predicted molar refractivity (Wildman–Crippen MR) is 97.4 cm³/mol. The van der Waals surface area contributed by atoms with E-state index in [-0.39, 0.29) is 0 Å². The van der Waals surface area contributed by atoms with Crippen molar-refractivity contribution in [2.24, 2.45) is 0 Å². The second kappa shape index (κ2) is 8.42. The Morgan fingerprint density at radius 3 is 2.23 bits per heavy atom. The molecule has 0 amide bonds. The van der Waals surface area contributed by atoms with Crippen LogP contribution in [0.15, 0.2) is 47.3 Å². The lowest BCUT2D eigenvalue weighted by atomic mass is 10.2. The monoisotopic (exact) mass is 320 g/mol. The van der Waals surface area contributed by atoms with E-state index in [1.807, 2.05) is 18.2 Å². The second-order valence-corrected chi connectivity index (χ2v) is 12.3. The summed E-state index contributed by atoms with van der Waals surface area (Å²) in [6.07, 6.45) is 7.73. The molecule has 1 rings (SSSR count). The van der Waals surface area contributed by atoms with E-state index in [1.54, 1.807) is 6.26 Å². The molecule has 1 aromatic heterocycles. The number of aryl methyl sites for hydroxylation is 1. The molecule has 0 aromatic carbocycles. The van der Waals surface area contributed by atoms with Crippen LogP contribution in [0.1, 0.15) is 53.7 Å². The highest BCUT2D eigenvalue weighted by Gasteiger charge is 2.46. The third-order valence-corrected chi connectivity index (χ3v) is 10.5. The molecule has 0 N–H and O–H groups in total. The Bertz CT molecular complexity index is 448. The van der Waals surface area contributed by atoms with Gasteiger partial charge in [0, 0.05) is 6.42 Å². The summed E-state index contributed by atoms with van der Waals surface area (Å²) in [5.41, 5.74) is 1.71. The first-order chi connectivity index (χ1) is 10.3. The van der Waals surface area contributed by atoms with Gasteiger partial charge in [-0.15, -0.1) is 0 Å². The first-order valence-corrected chi connectivity index (χ1v) is 10.5. The maximum absolute atomic E-state index is 6.49. The van der Waals surface area contributed by atoms with Crippen molar-refractivity contribution in [2.45, 2.75) is 71.0 Å². The highest BCUT2D eigenvalue weighted by molar-refractivity contribution is 6.77. The zero-order chi connectivity index (χ0) is 16.8. The normalized spacial score (nSPS) is 12.8. The summed E-state index contributed by atoms with van der Waals surface area (Å²) in [4.78, 5) is 0. The molecule has 22 heavy (non-hydrogen) atoms. The van der Waals surface area contributed by atoms with Crippen molar-refractivity contribution in [3.63, 3.8) is 0 Å². The van der Waals surface area contributed by atoms with Gasteiger partial charge in [-0.1, -0.05) is 54.2 Å². The first kappa shape index (κ1) is 18.8. The first-order valence-electron chi connectivity index (χ1n) is 8.37. The fourth-order valence-electron chi connectivity index (χ4n) is 3.51. The Kier molecular flexibility index (Phi) is 7.20. The lowest BCUT2D eigenvalue weighted by Gasteiger charge is -2.42. The SMILES string of the molecule is C=C(/C=C/CCc1ccco1)O[Si](C(C)C)(C(C)C)C(C)C. The fourth-order valence-corrected chi connectivity index (χ4v) is 8.74. The number of hydrogen-bond donors (Lipinski definition) is 0. The Balaban J connectivity index is 2.63. The maximum atomic E-state index is 6.49. The van der Waals surface area contributed by atoms with Gasteiger partial charge >= 0.3 is 0 Å². The Morgan fingerprint density at radius 2 is 1.77 bits per heavy atom. The van der Waals surface area contributed by atoms with Crippen LogP contribution in [0.2, 0.25) is 16.6 Å². The predicted octanol–water partition coefficient (Wildman–Crippen LogP) is 6.47. The highest BCUT2D eigenvalue weighted by Crippen LogP contribution is 2.43. The minimum absolute atomic E-state index is 0.570. The smallest absolute Gasteiger partial charge is 0.258 e. The lowest BCUT2D eigenvalue weighted by molar-refractivity contribution is 0.388. The molecule has 0 saturated heterocycles. The highest BCUT2D eigenvalue weighted by atomic mass is 28.4. The summed E-state index contributed by atoms with van der Waals surface area (Å²) in [5, 5.41) is 0. The second-order valence-electron chi connectivity index (χ2n) is 6.91. The molecule has 0 radical (unpaired) electrons. The minimum atomic E-state index is -1.87. The van der Waals surface area contributed by atoms with Crippen LogP contribution in [0.5, 0.6) is 0 Å². The van der Waals surface area contributed by atoms with E-state index in [2.05, 4.69) is 54.2 Å². The number of hydrogen-bond acceptors (Lipinski definition) is 2. The van der Waals surface area contributed by atoms with E-state index in [0.29, 0.717) is 16.6 Å². The number of rotatable bonds is 9. The standard InChI is InChI=1S/C19H32O2Si/c1-15(2)22(16(3)4,17(5)6)21-18(7)11-8-9-12-19-13-10-14-20-19/h8,10-11,13-17H,7,9,12H2,1-6H3/b11-8+. The molecule has 0 spiro atoms. The van der Waals surface area contributed by atoms with Gasteiger partial charge in [-0.25, -0.2) is 0 Å². The molecule has 0 aliphatic heterocycles. The topological polar surface area (TPSA) is 22.4 Å². The van der Waals surface area contributed by atoms with Crippen molar-refractivity contribution in [3.05, 3.63) is 48.6 Å². The van der Waals surface area contributed by atoms with Gasteiger partial charge in [0.2, 0.25) is 0 Å². The zero-order valence-corrected chi connectivity index (χ0v) is 16.1. The molecule has 0 bridgehead atoms. The van der Waals surface area contributed by atoms with Crippen LogP contribution in [-0.4, -0.2) is 8.32 Å². The fraction of sp³-hybridized carbons (Fsp3) is 0.579. The van der Waals surface area contributed by atoms with E-state index < -0.39 is 8.32 Å². The van der Waals surface area contributed by atoms with Crippen LogP contribution in [0.3, 0.4) is 0 Å². The average molecular weight is 321 g/mol. The minimum Gasteiger partial charge on any atom is -0.543 e. The van der Waals surface area contributed by atoms with Gasteiger partial charge < -0.3 is 8.84 Å².